The van der Waals surface area contributed by atoms with Crippen molar-refractivity contribution in [3.05, 3.63) is 0 Å². The lowest BCUT2D eigenvalue weighted by Gasteiger charge is -2.35. The fourth-order valence-electron chi connectivity index (χ4n) is 1.18. The lowest BCUT2D eigenvalue weighted by Crippen LogP contribution is -2.55. The van der Waals surface area contributed by atoms with Crippen LogP contribution in [0.5, 0.6) is 0 Å². The van der Waals surface area contributed by atoms with E-state index in [2.05, 4.69) is 0 Å². The van der Waals surface area contributed by atoms with E-state index in [-0.39, 0.29) is 6.42 Å². The van der Waals surface area contributed by atoms with Crippen molar-refractivity contribution in [3.63, 3.8) is 0 Å². The Bertz CT molecular complexity index is 125. The summed E-state index contributed by atoms with van der Waals surface area (Å²) in [6, 6.07) is 0. The summed E-state index contributed by atoms with van der Waals surface area (Å²) in [6.45, 7) is 0. The molecule has 0 saturated heterocycles. The fourth-order valence-corrected chi connectivity index (χ4v) is 1.18. The minimum Gasteiger partial charge on any atom is -0.390 e. The van der Waals surface area contributed by atoms with Crippen LogP contribution in [0.25, 0.3) is 0 Å². The molecular weight excluding hydrogens is 152 g/mol. The van der Waals surface area contributed by atoms with Gasteiger partial charge in [0.25, 0.3) is 0 Å². The maximum absolute atomic E-state index is 8.97. The van der Waals surface area contributed by atoms with Gasteiger partial charge in [-0.25, -0.2) is 0 Å². The molecule has 0 radical (unpaired) electrons. The van der Waals surface area contributed by atoms with Gasteiger partial charge >= 0.3 is 0 Å². The molecule has 1 saturated carbocycles. The van der Waals surface area contributed by atoms with Gasteiger partial charge in [0.1, 0.15) is 18.3 Å². The number of hydrogen-bond acceptors (Lipinski definition) is 5. The fraction of sp³-hybridized carbons (Fsp3) is 1.00. The predicted molar refractivity (Wildman–Crippen MR) is 34.7 cm³/mol. The predicted octanol–water partition coefficient (Wildman–Crippen LogP) is -2.81. The van der Waals surface area contributed by atoms with E-state index in [1.165, 1.54) is 0 Å². The van der Waals surface area contributed by atoms with Crippen molar-refractivity contribution in [1.29, 1.82) is 0 Å². The van der Waals surface area contributed by atoms with Gasteiger partial charge in [-0.1, -0.05) is 0 Å². The highest BCUT2D eigenvalue weighted by Gasteiger charge is 2.40. The largest absolute Gasteiger partial charge is 0.390 e. The van der Waals surface area contributed by atoms with Crippen molar-refractivity contribution in [2.75, 3.05) is 0 Å². The Morgan fingerprint density at radius 3 is 1.36 bits per heavy atom. The van der Waals surface area contributed by atoms with Crippen molar-refractivity contribution >= 4 is 0 Å². The molecule has 0 heterocycles. The average Bonchev–Trinajstić information content (AvgIpc) is 1.97. The normalized spacial score (nSPS) is 52.6. The molecule has 5 atom stereocenters. The van der Waals surface area contributed by atoms with Gasteiger partial charge in [-0.3, -0.25) is 0 Å². The first-order valence-corrected chi connectivity index (χ1v) is 3.44. The molecule has 5 heteroatoms. The number of rotatable bonds is 0. The molecule has 0 amide bonds. The summed E-state index contributed by atoms with van der Waals surface area (Å²) in [6.07, 6.45) is -6.64. The molecular formula is C6H12O5. The highest BCUT2D eigenvalue weighted by Crippen LogP contribution is 2.20. The Hall–Kier alpha value is -0.200. The molecule has 0 unspecified atom stereocenters. The Morgan fingerprint density at radius 1 is 0.636 bits per heavy atom. The molecule has 0 aromatic rings. The first kappa shape index (κ1) is 8.89. The standard InChI is InChI=1S/C6H12O5/c7-2-1-3(8)5(10)6(11)4(2)9/h2-11H,1H2/t2-,3-,4-,5+,6+/m1/s1. The molecule has 0 aromatic carbocycles. The van der Waals surface area contributed by atoms with Gasteiger partial charge in [-0.05, 0) is 0 Å². The van der Waals surface area contributed by atoms with Crippen molar-refractivity contribution in [3.8, 4) is 0 Å². The van der Waals surface area contributed by atoms with Crippen LogP contribution < -0.4 is 0 Å². The third kappa shape index (κ3) is 1.52. The zero-order valence-electron chi connectivity index (χ0n) is 5.83. The SMILES string of the molecule is O[C@@H]1[C@@H](O)[C@H](O)C[C@@H](O)[C@H]1O. The van der Waals surface area contributed by atoms with E-state index in [1.807, 2.05) is 0 Å². The smallest absolute Gasteiger partial charge is 0.111 e. The number of hydrogen-bond donors (Lipinski definition) is 5. The monoisotopic (exact) mass is 164 g/mol. The van der Waals surface area contributed by atoms with E-state index >= 15 is 0 Å². The number of aliphatic hydroxyl groups excluding tert-OH is 5. The minimum absolute atomic E-state index is 0.112. The quantitative estimate of drug-likeness (QED) is 0.266. The maximum atomic E-state index is 8.97. The molecule has 66 valence electrons. The highest BCUT2D eigenvalue weighted by molar-refractivity contribution is 4.92. The summed E-state index contributed by atoms with van der Waals surface area (Å²) in [5.74, 6) is 0. The Kier molecular flexibility index (Phi) is 2.46. The molecule has 0 aromatic heterocycles. The first-order valence-electron chi connectivity index (χ1n) is 3.44. The zero-order chi connectivity index (χ0) is 8.59. The second-order valence-electron chi connectivity index (χ2n) is 2.84. The van der Waals surface area contributed by atoms with Crippen molar-refractivity contribution in [2.45, 2.75) is 36.9 Å². The summed E-state index contributed by atoms with van der Waals surface area (Å²) in [5.41, 5.74) is 0. The first-order chi connectivity index (χ1) is 5.04. The Balaban J connectivity index is 2.63. The molecule has 1 rings (SSSR count). The second kappa shape index (κ2) is 3.04. The van der Waals surface area contributed by atoms with E-state index in [0.717, 1.165) is 0 Å². The molecule has 5 N–H and O–H groups in total. The molecule has 0 aliphatic heterocycles. The van der Waals surface area contributed by atoms with Gasteiger partial charge < -0.3 is 25.5 Å². The Morgan fingerprint density at radius 2 is 1.00 bits per heavy atom. The van der Waals surface area contributed by atoms with Crippen LogP contribution in [0.1, 0.15) is 6.42 Å². The zero-order valence-corrected chi connectivity index (χ0v) is 5.83. The number of aliphatic hydroxyl groups is 5. The molecule has 1 fully saturated rings. The third-order valence-corrected chi connectivity index (χ3v) is 1.97. The average molecular weight is 164 g/mol. The van der Waals surface area contributed by atoms with Crippen LogP contribution in [0.4, 0.5) is 0 Å². The second-order valence-corrected chi connectivity index (χ2v) is 2.84. The van der Waals surface area contributed by atoms with E-state index in [9.17, 15) is 0 Å². The molecule has 11 heavy (non-hydrogen) atoms. The van der Waals surface area contributed by atoms with Gasteiger partial charge in [-0.15, -0.1) is 0 Å². The molecule has 1 aliphatic rings. The summed E-state index contributed by atoms with van der Waals surface area (Å²) in [7, 11) is 0. The summed E-state index contributed by atoms with van der Waals surface area (Å²) in [4.78, 5) is 0. The highest BCUT2D eigenvalue weighted by atomic mass is 16.4. The van der Waals surface area contributed by atoms with Crippen LogP contribution in [0.3, 0.4) is 0 Å². The van der Waals surface area contributed by atoms with Crippen molar-refractivity contribution in [2.24, 2.45) is 0 Å². The van der Waals surface area contributed by atoms with E-state index in [0.29, 0.717) is 0 Å². The van der Waals surface area contributed by atoms with Crippen LogP contribution in [0.2, 0.25) is 0 Å². The van der Waals surface area contributed by atoms with Crippen molar-refractivity contribution < 1.29 is 25.5 Å². The summed E-state index contributed by atoms with van der Waals surface area (Å²) >= 11 is 0. The van der Waals surface area contributed by atoms with Crippen LogP contribution in [-0.2, 0) is 0 Å². The van der Waals surface area contributed by atoms with Crippen molar-refractivity contribution in [1.82, 2.24) is 0 Å². The maximum Gasteiger partial charge on any atom is 0.111 e. The van der Waals surface area contributed by atoms with Gasteiger partial charge in [0.2, 0.25) is 0 Å². The van der Waals surface area contributed by atoms with Crippen LogP contribution >= 0.6 is 0 Å². The summed E-state index contributed by atoms with van der Waals surface area (Å²) in [5, 5.41) is 44.8. The molecule has 1 aliphatic carbocycles. The Labute approximate surface area is 63.5 Å². The van der Waals surface area contributed by atoms with Crippen LogP contribution in [0, 0.1) is 0 Å². The lowest BCUT2D eigenvalue weighted by atomic mass is 9.87. The molecule has 0 spiro atoms. The van der Waals surface area contributed by atoms with Gasteiger partial charge in [0.05, 0.1) is 12.2 Å². The van der Waals surface area contributed by atoms with E-state index in [4.69, 9.17) is 25.5 Å². The lowest BCUT2D eigenvalue weighted by molar-refractivity contribution is -0.176. The van der Waals surface area contributed by atoms with Crippen LogP contribution in [-0.4, -0.2) is 56.1 Å². The van der Waals surface area contributed by atoms with E-state index < -0.39 is 30.5 Å². The van der Waals surface area contributed by atoms with Gasteiger partial charge in [-0.2, -0.15) is 0 Å². The van der Waals surface area contributed by atoms with Gasteiger partial charge in [0, 0.05) is 6.42 Å². The topological polar surface area (TPSA) is 101 Å². The van der Waals surface area contributed by atoms with Crippen LogP contribution in [0.15, 0.2) is 0 Å². The minimum atomic E-state index is -1.46. The van der Waals surface area contributed by atoms with E-state index in [1.54, 1.807) is 0 Å². The van der Waals surface area contributed by atoms with Gasteiger partial charge in [0.15, 0.2) is 0 Å². The molecule has 0 bridgehead atoms. The molecule has 5 nitrogen and oxygen atoms in total. The summed E-state index contributed by atoms with van der Waals surface area (Å²) < 4.78 is 0. The third-order valence-electron chi connectivity index (χ3n) is 1.97.